The predicted molar refractivity (Wildman–Crippen MR) is 57.4 cm³/mol. The fourth-order valence-electron chi connectivity index (χ4n) is 1.79. The summed E-state index contributed by atoms with van der Waals surface area (Å²) < 4.78 is 5.44. The van der Waals surface area contributed by atoms with Crippen molar-refractivity contribution >= 4 is 5.91 Å². The Labute approximate surface area is 91.0 Å². The first kappa shape index (κ1) is 12.5. The van der Waals surface area contributed by atoms with Gasteiger partial charge in [-0.15, -0.1) is 0 Å². The molecule has 88 valence electrons. The van der Waals surface area contributed by atoms with Crippen molar-refractivity contribution in [3.05, 3.63) is 0 Å². The van der Waals surface area contributed by atoms with E-state index in [2.05, 4.69) is 5.32 Å². The molecule has 2 atom stereocenters. The van der Waals surface area contributed by atoms with E-state index < -0.39 is 5.60 Å². The molecule has 0 aromatic rings. The van der Waals surface area contributed by atoms with Gasteiger partial charge in [0.05, 0.1) is 17.6 Å². The SMILES string of the molecule is CCC1OCCC1C(=O)NCC(C)(C)O. The second-order valence-corrected chi connectivity index (χ2v) is 4.74. The van der Waals surface area contributed by atoms with Gasteiger partial charge in [0.2, 0.25) is 5.91 Å². The lowest BCUT2D eigenvalue weighted by molar-refractivity contribution is -0.127. The number of carbonyl (C=O) groups is 1. The smallest absolute Gasteiger partial charge is 0.225 e. The van der Waals surface area contributed by atoms with Crippen molar-refractivity contribution in [2.45, 2.75) is 45.3 Å². The van der Waals surface area contributed by atoms with E-state index in [1.165, 1.54) is 0 Å². The molecule has 0 aromatic heterocycles. The van der Waals surface area contributed by atoms with Crippen LogP contribution < -0.4 is 5.32 Å². The Bertz CT molecular complexity index is 222. The maximum Gasteiger partial charge on any atom is 0.225 e. The molecule has 0 bridgehead atoms. The molecule has 1 rings (SSSR count). The maximum absolute atomic E-state index is 11.8. The highest BCUT2D eigenvalue weighted by Crippen LogP contribution is 2.23. The van der Waals surface area contributed by atoms with Gasteiger partial charge in [-0.2, -0.15) is 0 Å². The molecule has 4 heteroatoms. The topological polar surface area (TPSA) is 58.6 Å². The summed E-state index contributed by atoms with van der Waals surface area (Å²) in [7, 11) is 0. The van der Waals surface area contributed by atoms with Gasteiger partial charge in [0.1, 0.15) is 0 Å². The summed E-state index contributed by atoms with van der Waals surface area (Å²) >= 11 is 0. The zero-order chi connectivity index (χ0) is 11.5. The molecule has 1 aliphatic heterocycles. The highest BCUT2D eigenvalue weighted by molar-refractivity contribution is 5.79. The van der Waals surface area contributed by atoms with Crippen molar-refractivity contribution in [3.8, 4) is 0 Å². The number of nitrogens with one attached hydrogen (secondary N) is 1. The number of aliphatic hydroxyl groups is 1. The standard InChI is InChI=1S/C11H21NO3/c1-4-9-8(5-6-15-9)10(13)12-7-11(2,3)14/h8-9,14H,4-7H2,1-3H3,(H,12,13). The van der Waals surface area contributed by atoms with Crippen LogP contribution in [0.5, 0.6) is 0 Å². The fraction of sp³-hybridized carbons (Fsp3) is 0.909. The van der Waals surface area contributed by atoms with Gasteiger partial charge in [-0.3, -0.25) is 4.79 Å². The first-order valence-corrected chi connectivity index (χ1v) is 5.55. The minimum atomic E-state index is -0.850. The molecule has 1 amide bonds. The second kappa shape index (κ2) is 4.94. The van der Waals surface area contributed by atoms with Gasteiger partial charge >= 0.3 is 0 Å². The van der Waals surface area contributed by atoms with E-state index in [0.29, 0.717) is 13.2 Å². The van der Waals surface area contributed by atoms with Gasteiger partial charge in [-0.1, -0.05) is 6.92 Å². The normalized spacial score (nSPS) is 26.7. The van der Waals surface area contributed by atoms with Gasteiger partial charge in [0.15, 0.2) is 0 Å². The average molecular weight is 215 g/mol. The van der Waals surface area contributed by atoms with Crippen molar-refractivity contribution in [1.82, 2.24) is 5.32 Å². The van der Waals surface area contributed by atoms with Crippen molar-refractivity contribution in [2.24, 2.45) is 5.92 Å². The molecular weight excluding hydrogens is 194 g/mol. The zero-order valence-electron chi connectivity index (χ0n) is 9.75. The molecule has 0 spiro atoms. The zero-order valence-corrected chi connectivity index (χ0v) is 9.75. The van der Waals surface area contributed by atoms with E-state index in [9.17, 15) is 9.90 Å². The first-order valence-electron chi connectivity index (χ1n) is 5.55. The summed E-state index contributed by atoms with van der Waals surface area (Å²) in [6.45, 7) is 6.33. The molecule has 15 heavy (non-hydrogen) atoms. The monoisotopic (exact) mass is 215 g/mol. The second-order valence-electron chi connectivity index (χ2n) is 4.74. The number of amides is 1. The molecule has 1 heterocycles. The van der Waals surface area contributed by atoms with Crippen LogP contribution in [-0.4, -0.2) is 35.9 Å². The third-order valence-corrected chi connectivity index (χ3v) is 2.64. The highest BCUT2D eigenvalue weighted by atomic mass is 16.5. The molecule has 0 aromatic carbocycles. The summed E-state index contributed by atoms with van der Waals surface area (Å²) in [6.07, 6.45) is 1.70. The highest BCUT2D eigenvalue weighted by Gasteiger charge is 2.33. The lowest BCUT2D eigenvalue weighted by Gasteiger charge is -2.21. The number of hydrogen-bond donors (Lipinski definition) is 2. The summed E-state index contributed by atoms with van der Waals surface area (Å²) in [6, 6.07) is 0. The van der Waals surface area contributed by atoms with E-state index in [1.54, 1.807) is 13.8 Å². The Morgan fingerprint density at radius 3 is 2.80 bits per heavy atom. The van der Waals surface area contributed by atoms with Crippen molar-refractivity contribution in [2.75, 3.05) is 13.2 Å². The Kier molecular flexibility index (Phi) is 4.11. The van der Waals surface area contributed by atoms with Crippen LogP contribution in [0.15, 0.2) is 0 Å². The van der Waals surface area contributed by atoms with E-state index in [1.807, 2.05) is 6.92 Å². The Morgan fingerprint density at radius 2 is 2.27 bits per heavy atom. The number of carbonyl (C=O) groups excluding carboxylic acids is 1. The van der Waals surface area contributed by atoms with Crippen LogP contribution in [0.3, 0.4) is 0 Å². The molecule has 1 aliphatic rings. The van der Waals surface area contributed by atoms with E-state index in [4.69, 9.17) is 4.74 Å². The molecule has 1 saturated heterocycles. The van der Waals surface area contributed by atoms with Crippen LogP contribution in [-0.2, 0) is 9.53 Å². The minimum Gasteiger partial charge on any atom is -0.389 e. The number of hydrogen-bond acceptors (Lipinski definition) is 3. The van der Waals surface area contributed by atoms with Gasteiger partial charge < -0.3 is 15.2 Å². The minimum absolute atomic E-state index is 0.00137. The largest absolute Gasteiger partial charge is 0.389 e. The van der Waals surface area contributed by atoms with E-state index in [-0.39, 0.29) is 17.9 Å². The number of ether oxygens (including phenoxy) is 1. The van der Waals surface area contributed by atoms with Crippen LogP contribution in [0.25, 0.3) is 0 Å². The molecule has 0 aliphatic carbocycles. The molecule has 4 nitrogen and oxygen atoms in total. The summed E-state index contributed by atoms with van der Waals surface area (Å²) in [5.74, 6) is -0.0428. The first-order chi connectivity index (χ1) is 6.94. The fourth-order valence-corrected chi connectivity index (χ4v) is 1.79. The molecule has 2 unspecified atom stereocenters. The van der Waals surface area contributed by atoms with Crippen molar-refractivity contribution in [1.29, 1.82) is 0 Å². The lowest BCUT2D eigenvalue weighted by Crippen LogP contribution is -2.42. The predicted octanol–water partition coefficient (Wildman–Crippen LogP) is 0.689. The van der Waals surface area contributed by atoms with E-state index >= 15 is 0 Å². The van der Waals surface area contributed by atoms with Crippen molar-refractivity contribution in [3.63, 3.8) is 0 Å². The van der Waals surface area contributed by atoms with Gasteiger partial charge in [-0.05, 0) is 26.7 Å². The van der Waals surface area contributed by atoms with Crippen LogP contribution in [0, 0.1) is 5.92 Å². The molecule has 0 saturated carbocycles. The van der Waals surface area contributed by atoms with E-state index in [0.717, 1.165) is 12.8 Å². The summed E-state index contributed by atoms with van der Waals surface area (Å²) in [5.41, 5.74) is -0.850. The van der Waals surface area contributed by atoms with Gasteiger partial charge in [0.25, 0.3) is 0 Å². The van der Waals surface area contributed by atoms with Crippen LogP contribution in [0.2, 0.25) is 0 Å². The molecule has 1 fully saturated rings. The van der Waals surface area contributed by atoms with Gasteiger partial charge in [-0.25, -0.2) is 0 Å². The van der Waals surface area contributed by atoms with Gasteiger partial charge in [0, 0.05) is 13.2 Å². The summed E-state index contributed by atoms with van der Waals surface area (Å²) in [5, 5.41) is 12.2. The molecule has 2 N–H and O–H groups in total. The molecular formula is C11H21NO3. The number of rotatable bonds is 4. The Morgan fingerprint density at radius 1 is 1.60 bits per heavy atom. The van der Waals surface area contributed by atoms with Crippen LogP contribution in [0.4, 0.5) is 0 Å². The Balaban J connectivity index is 2.40. The third-order valence-electron chi connectivity index (χ3n) is 2.64. The average Bonchev–Trinajstić information content (AvgIpc) is 2.60. The van der Waals surface area contributed by atoms with Crippen LogP contribution >= 0.6 is 0 Å². The lowest BCUT2D eigenvalue weighted by atomic mass is 9.98. The van der Waals surface area contributed by atoms with Crippen molar-refractivity contribution < 1.29 is 14.6 Å². The molecule has 0 radical (unpaired) electrons. The van der Waals surface area contributed by atoms with Crippen LogP contribution in [0.1, 0.15) is 33.6 Å². The summed E-state index contributed by atoms with van der Waals surface area (Å²) in [4.78, 5) is 11.8. The third kappa shape index (κ3) is 3.80. The quantitative estimate of drug-likeness (QED) is 0.725. The maximum atomic E-state index is 11.8. The Hall–Kier alpha value is -0.610.